The summed E-state index contributed by atoms with van der Waals surface area (Å²) in [6.07, 6.45) is -7.33. The molecule has 0 saturated carbocycles. The molecule has 0 aliphatic carbocycles. The normalized spacial score (nSPS) is 38.3. The van der Waals surface area contributed by atoms with Crippen molar-refractivity contribution < 1.29 is 56.7 Å². The maximum atomic E-state index is 13.2. The molecule has 236 valence electrons. The molecule has 21 nitrogen and oxygen atoms in total. The first-order valence-electron chi connectivity index (χ1n) is 12.9. The van der Waals surface area contributed by atoms with Crippen molar-refractivity contribution in [1.82, 2.24) is 34.1 Å². The number of hydrogen-bond acceptors (Lipinski definition) is 16. The van der Waals surface area contributed by atoms with Crippen LogP contribution >= 0.6 is 15.6 Å². The molecule has 3 saturated heterocycles. The van der Waals surface area contributed by atoms with Crippen LogP contribution in [-0.4, -0.2) is 104 Å². The summed E-state index contributed by atoms with van der Waals surface area (Å²) in [6.45, 7) is -1.58. The van der Waals surface area contributed by atoms with E-state index in [4.69, 9.17) is 33.3 Å². The average Bonchev–Trinajstić information content (AvgIpc) is 3.73. The van der Waals surface area contributed by atoms with E-state index in [1.54, 1.807) is 0 Å². The van der Waals surface area contributed by atoms with Gasteiger partial charge in [-0.25, -0.2) is 29.1 Å². The van der Waals surface area contributed by atoms with Gasteiger partial charge in [0.15, 0.2) is 29.4 Å². The minimum absolute atomic E-state index is 0.00694. The quantitative estimate of drug-likeness (QED) is 0.136. The number of ether oxygens (including phenoxy) is 2. The number of imidazole rings is 2. The number of fused-ring (bicyclic) bond motifs is 5. The Balaban J connectivity index is 1.20. The summed E-state index contributed by atoms with van der Waals surface area (Å²) in [4.78, 5) is 51.9. The van der Waals surface area contributed by atoms with E-state index < -0.39 is 83.5 Å². The van der Waals surface area contributed by atoms with Gasteiger partial charge in [-0.15, -0.1) is 0 Å². The number of rotatable bonds is 2. The Labute approximate surface area is 244 Å². The number of phosphoric acid groups is 2. The fourth-order valence-corrected chi connectivity index (χ4v) is 7.24. The SMILES string of the molecule is Nc1ncnc2c1ncn2[C@@H]1O[C@@H]2COP(=O)(O)O[C@@H]3[C@H](O)[C@@H](COP(=O)(O)O[C@H]2[C@H]1O)O[C@H]3n1cnc2c(=O)[nH]ccc21. The fraction of sp³-hybridized carbons (Fsp3) is 0.476. The number of aliphatic hydroxyl groups excluding tert-OH is 2. The number of nitrogen functional groups attached to an aromatic ring is 1. The molecule has 7 N–H and O–H groups in total. The Bertz CT molecular complexity index is 1880. The lowest BCUT2D eigenvalue weighted by molar-refractivity contribution is -0.0671. The first-order chi connectivity index (χ1) is 20.9. The van der Waals surface area contributed by atoms with Gasteiger partial charge < -0.3 is 44.8 Å². The summed E-state index contributed by atoms with van der Waals surface area (Å²) in [7, 11) is -10.1. The number of nitrogens with one attached hydrogen (secondary N) is 1. The van der Waals surface area contributed by atoms with E-state index in [1.807, 2.05) is 0 Å². The maximum Gasteiger partial charge on any atom is 0.472 e. The number of aromatic amines is 1. The smallest absolute Gasteiger partial charge is 0.387 e. The zero-order valence-electron chi connectivity index (χ0n) is 22.0. The van der Waals surface area contributed by atoms with Crippen LogP contribution < -0.4 is 11.3 Å². The van der Waals surface area contributed by atoms with Gasteiger partial charge in [0.2, 0.25) is 0 Å². The van der Waals surface area contributed by atoms with Crippen LogP contribution in [0.4, 0.5) is 5.82 Å². The van der Waals surface area contributed by atoms with Gasteiger partial charge in [0.25, 0.3) is 5.56 Å². The lowest BCUT2D eigenvalue weighted by atomic mass is 10.1. The Morgan fingerprint density at radius 3 is 2.30 bits per heavy atom. The van der Waals surface area contributed by atoms with E-state index in [9.17, 15) is 33.9 Å². The lowest BCUT2D eigenvalue weighted by Crippen LogP contribution is -2.36. The van der Waals surface area contributed by atoms with Crippen LogP contribution in [0.25, 0.3) is 22.2 Å². The predicted molar refractivity (Wildman–Crippen MR) is 141 cm³/mol. The first-order valence-corrected chi connectivity index (χ1v) is 15.9. The van der Waals surface area contributed by atoms with Gasteiger partial charge in [0, 0.05) is 6.20 Å². The lowest BCUT2D eigenvalue weighted by Gasteiger charge is -2.26. The molecular weight excluding hydrogens is 634 g/mol. The number of hydrogen-bond donors (Lipinski definition) is 6. The summed E-state index contributed by atoms with van der Waals surface area (Å²) < 4.78 is 61.3. The molecule has 3 fully saturated rings. The summed E-state index contributed by atoms with van der Waals surface area (Å²) in [5, 5.41) is 22.1. The van der Waals surface area contributed by atoms with Crippen LogP contribution in [0.5, 0.6) is 0 Å². The van der Waals surface area contributed by atoms with Gasteiger partial charge in [-0.05, 0) is 6.07 Å². The molecule has 44 heavy (non-hydrogen) atoms. The van der Waals surface area contributed by atoms with Crippen LogP contribution in [0.3, 0.4) is 0 Å². The molecule has 7 heterocycles. The van der Waals surface area contributed by atoms with E-state index >= 15 is 0 Å². The van der Waals surface area contributed by atoms with Gasteiger partial charge in [-0.3, -0.25) is 27.5 Å². The van der Waals surface area contributed by atoms with Gasteiger partial charge in [0.05, 0.1) is 31.4 Å². The Kier molecular flexibility index (Phi) is 7.20. The number of pyridine rings is 1. The van der Waals surface area contributed by atoms with Crippen molar-refractivity contribution in [2.24, 2.45) is 0 Å². The molecule has 2 bridgehead atoms. The second-order valence-electron chi connectivity index (χ2n) is 10.1. The van der Waals surface area contributed by atoms with Crippen LogP contribution in [-0.2, 0) is 36.7 Å². The van der Waals surface area contributed by atoms with Crippen molar-refractivity contribution in [2.45, 2.75) is 49.1 Å². The third kappa shape index (κ3) is 5.06. The van der Waals surface area contributed by atoms with Crippen LogP contribution in [0.2, 0.25) is 0 Å². The summed E-state index contributed by atoms with van der Waals surface area (Å²) >= 11 is 0. The highest BCUT2D eigenvalue weighted by Gasteiger charge is 2.53. The topological polar surface area (TPSA) is 291 Å². The molecule has 10 atom stereocenters. The van der Waals surface area contributed by atoms with Gasteiger partial charge in [-0.1, -0.05) is 0 Å². The molecule has 7 rings (SSSR count). The molecule has 4 aromatic heterocycles. The molecule has 23 heteroatoms. The van der Waals surface area contributed by atoms with Crippen molar-refractivity contribution in [3.63, 3.8) is 0 Å². The first kappa shape index (κ1) is 29.5. The summed E-state index contributed by atoms with van der Waals surface area (Å²) in [5.74, 6) is 0.0443. The third-order valence-electron chi connectivity index (χ3n) is 7.37. The Hall–Kier alpha value is -3.17. The second kappa shape index (κ2) is 10.7. The van der Waals surface area contributed by atoms with Crippen LogP contribution in [0.1, 0.15) is 12.5 Å². The minimum atomic E-state index is -5.06. The van der Waals surface area contributed by atoms with Gasteiger partial charge >= 0.3 is 15.6 Å². The molecule has 2 unspecified atom stereocenters. The number of anilines is 1. The number of nitrogens with zero attached hydrogens (tertiary/aromatic N) is 6. The highest BCUT2D eigenvalue weighted by molar-refractivity contribution is 7.47. The van der Waals surface area contributed by atoms with E-state index in [1.165, 1.54) is 34.1 Å². The van der Waals surface area contributed by atoms with Crippen molar-refractivity contribution in [3.05, 3.63) is 41.6 Å². The molecule has 4 aromatic rings. The van der Waals surface area contributed by atoms with Crippen LogP contribution in [0.15, 0.2) is 36.0 Å². The number of aromatic nitrogens is 7. The second-order valence-corrected chi connectivity index (χ2v) is 12.9. The summed E-state index contributed by atoms with van der Waals surface area (Å²) in [5.41, 5.74) is 5.88. The van der Waals surface area contributed by atoms with Crippen molar-refractivity contribution in [3.8, 4) is 0 Å². The molecule has 3 aliphatic rings. The van der Waals surface area contributed by atoms with E-state index in [2.05, 4.69) is 24.9 Å². The maximum absolute atomic E-state index is 13.2. The minimum Gasteiger partial charge on any atom is -0.387 e. The number of nitrogens with two attached hydrogens (primary N) is 1. The average molecular weight is 658 g/mol. The molecule has 0 spiro atoms. The largest absolute Gasteiger partial charge is 0.472 e. The highest BCUT2D eigenvalue weighted by Crippen LogP contribution is 2.53. The standard InChI is InChI=1S/C21H24N8O13P2/c22-17-12-18(25-5-24-17)29(7-27-12)20-14(31)15-10(40-20)4-38-44(35,36)42-16-13(30)9(3-37-43(33,34)41-15)39-21(16)28-6-26-11-8(28)1-2-23-19(11)32/h1-2,5-7,9-10,13-16,20-21,30-31H,3-4H2,(H,23,32)(H,33,34)(H,35,36)(H2,22,24,25)/t9-,10-,13-,14-,15-,16-,20-,21-/m1/s1. The zero-order chi connectivity index (χ0) is 31.0. The highest BCUT2D eigenvalue weighted by atomic mass is 31.2. The monoisotopic (exact) mass is 658 g/mol. The molecule has 3 aliphatic heterocycles. The fourth-order valence-electron chi connectivity index (χ4n) is 5.35. The van der Waals surface area contributed by atoms with Crippen molar-refractivity contribution in [2.75, 3.05) is 18.9 Å². The molecular formula is C21H24N8O13P2. The predicted octanol–water partition coefficient (Wildman–Crippen LogP) is -1.32. The van der Waals surface area contributed by atoms with E-state index in [0.29, 0.717) is 0 Å². The third-order valence-corrected chi connectivity index (χ3v) is 9.34. The van der Waals surface area contributed by atoms with Crippen molar-refractivity contribution >= 4 is 43.7 Å². The van der Waals surface area contributed by atoms with E-state index in [-0.39, 0.29) is 28.0 Å². The number of aliphatic hydroxyl groups is 2. The van der Waals surface area contributed by atoms with Gasteiger partial charge in [0.1, 0.15) is 48.5 Å². The van der Waals surface area contributed by atoms with Crippen LogP contribution in [0, 0.1) is 0 Å². The van der Waals surface area contributed by atoms with Crippen molar-refractivity contribution in [1.29, 1.82) is 0 Å². The van der Waals surface area contributed by atoms with Gasteiger partial charge in [-0.2, -0.15) is 0 Å². The number of H-pyrrole nitrogens is 1. The Morgan fingerprint density at radius 2 is 1.52 bits per heavy atom. The Morgan fingerprint density at radius 1 is 0.864 bits per heavy atom. The molecule has 0 aromatic carbocycles. The molecule has 0 radical (unpaired) electrons. The number of phosphoric ester groups is 2. The zero-order valence-corrected chi connectivity index (χ0v) is 23.8. The van der Waals surface area contributed by atoms with E-state index in [0.717, 1.165) is 6.33 Å². The molecule has 0 amide bonds. The summed E-state index contributed by atoms with van der Waals surface area (Å²) in [6, 6.07) is 1.48.